The molecule has 0 saturated carbocycles. The first-order valence-electron chi connectivity index (χ1n) is 7.02. The van der Waals surface area contributed by atoms with E-state index in [4.69, 9.17) is 0 Å². The highest BCUT2D eigenvalue weighted by Gasteiger charge is 2.12. The van der Waals surface area contributed by atoms with Crippen molar-refractivity contribution in [3.05, 3.63) is 63.0 Å². The first-order valence-corrected chi connectivity index (χ1v) is 9.66. The topological polar surface area (TPSA) is 49.3 Å². The van der Waals surface area contributed by atoms with Crippen LogP contribution in [0.25, 0.3) is 15.8 Å². The van der Waals surface area contributed by atoms with Crippen LogP contribution < -0.4 is 5.32 Å². The lowest BCUT2D eigenvalue weighted by molar-refractivity contribution is -0.116. The monoisotopic (exact) mass is 361 g/mol. The molecule has 3 aromatic heterocycles. The van der Waals surface area contributed by atoms with Crippen molar-refractivity contribution in [1.29, 1.82) is 0 Å². The first-order chi connectivity index (χ1) is 11.2. The molecule has 0 bridgehead atoms. The maximum atomic E-state index is 11.8. The van der Waals surface area contributed by atoms with Crippen LogP contribution in [0, 0.1) is 0 Å². The van der Waals surface area contributed by atoms with Gasteiger partial charge in [0.1, 0.15) is 6.10 Å². The number of carbonyl (C=O) groups excluding carboxylic acids is 1. The Labute approximate surface area is 146 Å². The molecule has 118 valence electrons. The standard InChI is InChI=1S/C17H15NO2S3/c19-13(10-18-17(20)6-3-12-7-9-21-11-12)14-4-5-16(23-14)15-2-1-8-22-15/h1-9,11,13,19H,10H2,(H,18,20). The normalized spacial score (nSPS) is 12.6. The summed E-state index contributed by atoms with van der Waals surface area (Å²) in [5.74, 6) is -0.203. The van der Waals surface area contributed by atoms with Crippen molar-refractivity contribution in [2.75, 3.05) is 6.54 Å². The number of amides is 1. The van der Waals surface area contributed by atoms with Crippen LogP contribution >= 0.6 is 34.0 Å². The van der Waals surface area contributed by atoms with Crippen LogP contribution in [0.4, 0.5) is 0 Å². The van der Waals surface area contributed by atoms with Crippen LogP contribution in [0.2, 0.25) is 0 Å². The molecule has 0 radical (unpaired) electrons. The third kappa shape index (κ3) is 4.39. The molecule has 2 N–H and O–H groups in total. The fourth-order valence-corrected chi connectivity index (χ4v) is 4.44. The fourth-order valence-electron chi connectivity index (χ4n) is 1.98. The second-order valence-electron chi connectivity index (χ2n) is 4.83. The predicted molar refractivity (Wildman–Crippen MR) is 99.0 cm³/mol. The lowest BCUT2D eigenvalue weighted by Crippen LogP contribution is -2.26. The number of nitrogens with one attached hydrogen (secondary N) is 1. The summed E-state index contributed by atoms with van der Waals surface area (Å²) < 4.78 is 0. The van der Waals surface area contributed by atoms with E-state index in [2.05, 4.69) is 11.4 Å². The number of rotatable bonds is 6. The molecule has 6 heteroatoms. The number of aliphatic hydroxyl groups is 1. The summed E-state index contributed by atoms with van der Waals surface area (Å²) in [6.07, 6.45) is 2.56. The van der Waals surface area contributed by atoms with Gasteiger partial charge >= 0.3 is 0 Å². The van der Waals surface area contributed by atoms with E-state index in [0.29, 0.717) is 0 Å². The van der Waals surface area contributed by atoms with Gasteiger partial charge in [-0.15, -0.1) is 22.7 Å². The highest BCUT2D eigenvalue weighted by Crippen LogP contribution is 2.33. The number of hydrogen-bond donors (Lipinski definition) is 2. The van der Waals surface area contributed by atoms with Crippen molar-refractivity contribution in [2.45, 2.75) is 6.10 Å². The SMILES string of the molecule is O=C(C=Cc1ccsc1)NCC(O)c1ccc(-c2cccs2)s1. The molecule has 3 heterocycles. The Morgan fingerprint density at radius 2 is 2.13 bits per heavy atom. The van der Waals surface area contributed by atoms with Gasteiger partial charge < -0.3 is 10.4 Å². The molecule has 23 heavy (non-hydrogen) atoms. The third-order valence-corrected chi connectivity index (χ3v) is 6.11. The molecule has 1 amide bonds. The summed E-state index contributed by atoms with van der Waals surface area (Å²) in [4.78, 5) is 15.0. The average molecular weight is 362 g/mol. The molecule has 0 aliphatic heterocycles. The van der Waals surface area contributed by atoms with Crippen LogP contribution in [-0.4, -0.2) is 17.6 Å². The quantitative estimate of drug-likeness (QED) is 0.639. The minimum Gasteiger partial charge on any atom is -0.386 e. The van der Waals surface area contributed by atoms with Gasteiger partial charge in [-0.1, -0.05) is 6.07 Å². The second-order valence-corrected chi connectivity index (χ2v) is 7.67. The van der Waals surface area contributed by atoms with Crippen molar-refractivity contribution in [3.63, 3.8) is 0 Å². The van der Waals surface area contributed by atoms with Crippen molar-refractivity contribution in [1.82, 2.24) is 5.32 Å². The van der Waals surface area contributed by atoms with Gasteiger partial charge in [-0.25, -0.2) is 0 Å². The van der Waals surface area contributed by atoms with Crippen LogP contribution in [-0.2, 0) is 4.79 Å². The molecule has 3 aromatic rings. The smallest absolute Gasteiger partial charge is 0.244 e. The Hall–Kier alpha value is -1.73. The van der Waals surface area contributed by atoms with Gasteiger partial charge in [0.05, 0.1) is 0 Å². The average Bonchev–Trinajstić information content (AvgIpc) is 3.31. The molecule has 0 fully saturated rings. The summed E-state index contributed by atoms with van der Waals surface area (Å²) in [5, 5.41) is 18.9. The largest absolute Gasteiger partial charge is 0.386 e. The lowest BCUT2D eigenvalue weighted by atomic mass is 10.2. The van der Waals surface area contributed by atoms with Crippen LogP contribution in [0.15, 0.2) is 52.5 Å². The second kappa shape index (κ2) is 7.70. The van der Waals surface area contributed by atoms with Crippen molar-refractivity contribution < 1.29 is 9.90 Å². The van der Waals surface area contributed by atoms with Gasteiger partial charge in [0.2, 0.25) is 5.91 Å². The van der Waals surface area contributed by atoms with Crippen molar-refractivity contribution >= 4 is 46.0 Å². The predicted octanol–water partition coefficient (Wildman–Crippen LogP) is 4.40. The molecular formula is C17H15NO2S3. The molecule has 0 spiro atoms. The minimum atomic E-state index is -0.688. The van der Waals surface area contributed by atoms with Gasteiger partial charge in [-0.2, -0.15) is 11.3 Å². The number of hydrogen-bond acceptors (Lipinski definition) is 5. The maximum absolute atomic E-state index is 11.8. The number of carbonyl (C=O) groups is 1. The Morgan fingerprint density at radius 1 is 1.22 bits per heavy atom. The molecule has 0 saturated heterocycles. The Morgan fingerprint density at radius 3 is 2.87 bits per heavy atom. The van der Waals surface area contributed by atoms with Crippen LogP contribution in [0.1, 0.15) is 16.5 Å². The first kappa shape index (κ1) is 16.1. The van der Waals surface area contributed by atoms with E-state index in [0.717, 1.165) is 15.3 Å². The van der Waals surface area contributed by atoms with Gasteiger partial charge in [0.15, 0.2) is 0 Å². The molecule has 3 rings (SSSR count). The summed E-state index contributed by atoms with van der Waals surface area (Å²) in [6, 6.07) is 9.94. The van der Waals surface area contributed by atoms with Gasteiger partial charge in [0.25, 0.3) is 0 Å². The van der Waals surface area contributed by atoms with Crippen LogP contribution in [0.3, 0.4) is 0 Å². The Balaban J connectivity index is 1.53. The van der Waals surface area contributed by atoms with Crippen molar-refractivity contribution in [2.24, 2.45) is 0 Å². The molecule has 3 nitrogen and oxygen atoms in total. The van der Waals surface area contributed by atoms with Gasteiger partial charge in [-0.05, 0) is 52.0 Å². The molecule has 0 aromatic carbocycles. The van der Waals surface area contributed by atoms with E-state index in [1.54, 1.807) is 40.1 Å². The molecule has 1 atom stereocenters. The summed E-state index contributed by atoms with van der Waals surface area (Å²) in [7, 11) is 0. The third-order valence-electron chi connectivity index (χ3n) is 3.16. The van der Waals surface area contributed by atoms with Crippen LogP contribution in [0.5, 0.6) is 0 Å². The summed E-state index contributed by atoms with van der Waals surface area (Å²) in [5.41, 5.74) is 1.00. The van der Waals surface area contributed by atoms with E-state index in [1.165, 1.54) is 11.0 Å². The molecular weight excluding hydrogens is 346 g/mol. The molecule has 1 unspecified atom stereocenters. The van der Waals surface area contributed by atoms with Crippen molar-refractivity contribution in [3.8, 4) is 9.75 Å². The molecule has 0 aliphatic rings. The summed E-state index contributed by atoms with van der Waals surface area (Å²) in [6.45, 7) is 0.206. The van der Waals surface area contributed by atoms with E-state index >= 15 is 0 Å². The number of aliphatic hydroxyl groups excluding tert-OH is 1. The van der Waals surface area contributed by atoms with E-state index in [-0.39, 0.29) is 12.5 Å². The van der Waals surface area contributed by atoms with Gasteiger partial charge in [-0.3, -0.25) is 4.79 Å². The maximum Gasteiger partial charge on any atom is 0.244 e. The Bertz CT molecular complexity index is 773. The van der Waals surface area contributed by atoms with E-state index < -0.39 is 6.10 Å². The molecule has 0 aliphatic carbocycles. The van der Waals surface area contributed by atoms with Gasteiger partial charge in [0, 0.05) is 27.3 Å². The van der Waals surface area contributed by atoms with E-state index in [9.17, 15) is 9.90 Å². The Kier molecular flexibility index (Phi) is 5.40. The lowest BCUT2D eigenvalue weighted by Gasteiger charge is -2.08. The highest BCUT2D eigenvalue weighted by atomic mass is 32.1. The van der Waals surface area contributed by atoms with E-state index in [1.807, 2.05) is 40.4 Å². The minimum absolute atomic E-state index is 0.203. The number of thiophene rings is 3. The zero-order valence-corrected chi connectivity index (χ0v) is 14.6. The summed E-state index contributed by atoms with van der Waals surface area (Å²) >= 11 is 4.82. The zero-order valence-electron chi connectivity index (χ0n) is 12.1. The fraction of sp³-hybridized carbons (Fsp3) is 0.118. The highest BCUT2D eigenvalue weighted by molar-refractivity contribution is 7.21. The zero-order chi connectivity index (χ0) is 16.1.